The Kier molecular flexibility index (Phi) is 4.01. The van der Waals surface area contributed by atoms with Crippen LogP contribution in [-0.2, 0) is 11.3 Å². The van der Waals surface area contributed by atoms with Crippen molar-refractivity contribution in [3.8, 4) is 0 Å². The Morgan fingerprint density at radius 3 is 2.69 bits per heavy atom. The van der Waals surface area contributed by atoms with Gasteiger partial charge >= 0.3 is 0 Å². The predicted octanol–water partition coefficient (Wildman–Crippen LogP) is 2.76. The van der Waals surface area contributed by atoms with Crippen LogP contribution in [-0.4, -0.2) is 20.4 Å². The maximum atomic E-state index is 12.7. The van der Waals surface area contributed by atoms with Gasteiger partial charge in [0.1, 0.15) is 17.6 Å². The molecule has 2 aromatic carbocycles. The Balaban J connectivity index is 1.59. The van der Waals surface area contributed by atoms with Crippen molar-refractivity contribution in [3.05, 3.63) is 76.8 Å². The quantitative estimate of drug-likeness (QED) is 0.596. The number of hydrogen-bond donors (Lipinski definition) is 2. The maximum Gasteiger partial charge on any atom is 0.278 e. The molecule has 4 aromatic rings. The number of nitrogens with one attached hydrogen (secondary N) is 2. The molecule has 0 bridgehead atoms. The largest absolute Gasteiger partial charge is 0.349 e. The fourth-order valence-corrected chi connectivity index (χ4v) is 3.12. The molecule has 2 heterocycles. The number of fused-ring (bicyclic) bond motifs is 3. The van der Waals surface area contributed by atoms with Crippen LogP contribution in [0, 0.1) is 0 Å². The highest BCUT2D eigenvalue weighted by molar-refractivity contribution is 6.04. The average Bonchev–Trinajstić information content (AvgIpc) is 3.04. The van der Waals surface area contributed by atoms with Crippen LogP contribution in [0.25, 0.3) is 21.9 Å². The molecule has 6 nitrogen and oxygen atoms in total. The van der Waals surface area contributed by atoms with E-state index >= 15 is 0 Å². The van der Waals surface area contributed by atoms with Gasteiger partial charge in [0.25, 0.3) is 5.56 Å². The van der Waals surface area contributed by atoms with Crippen LogP contribution in [0.2, 0.25) is 0 Å². The van der Waals surface area contributed by atoms with E-state index in [9.17, 15) is 9.59 Å². The lowest BCUT2D eigenvalue weighted by atomic mass is 10.1. The van der Waals surface area contributed by atoms with E-state index in [2.05, 4.69) is 15.3 Å². The van der Waals surface area contributed by atoms with Gasteiger partial charge in [0.15, 0.2) is 0 Å². The molecule has 1 atom stereocenters. The summed E-state index contributed by atoms with van der Waals surface area (Å²) in [6.45, 7) is 1.84. The highest BCUT2D eigenvalue weighted by Crippen LogP contribution is 2.20. The molecule has 0 unspecified atom stereocenters. The number of carbonyl (C=O) groups excluding carboxylic acids is 1. The van der Waals surface area contributed by atoms with Gasteiger partial charge in [0, 0.05) is 10.9 Å². The Hall–Kier alpha value is -3.41. The number of carbonyl (C=O) groups is 1. The summed E-state index contributed by atoms with van der Waals surface area (Å²) in [5.41, 5.74) is 2.65. The van der Waals surface area contributed by atoms with Gasteiger partial charge in [-0.15, -0.1) is 0 Å². The van der Waals surface area contributed by atoms with E-state index in [1.807, 2.05) is 61.5 Å². The van der Waals surface area contributed by atoms with Crippen LogP contribution in [0.3, 0.4) is 0 Å². The molecule has 6 heteroatoms. The topological polar surface area (TPSA) is 79.8 Å². The number of rotatable bonds is 4. The summed E-state index contributed by atoms with van der Waals surface area (Å²) in [7, 11) is 0. The number of benzene rings is 2. The first-order valence-corrected chi connectivity index (χ1v) is 8.43. The molecule has 1 amide bonds. The van der Waals surface area contributed by atoms with Gasteiger partial charge in [-0.05, 0) is 18.6 Å². The van der Waals surface area contributed by atoms with E-state index in [0.717, 1.165) is 16.5 Å². The average molecular weight is 346 g/mol. The van der Waals surface area contributed by atoms with Gasteiger partial charge in [-0.25, -0.2) is 4.98 Å². The Labute approximate surface area is 149 Å². The van der Waals surface area contributed by atoms with Gasteiger partial charge in [0.2, 0.25) is 5.91 Å². The number of aromatic nitrogens is 3. The molecule has 2 aromatic heterocycles. The summed E-state index contributed by atoms with van der Waals surface area (Å²) in [5.74, 6) is -0.235. The molecular weight excluding hydrogens is 328 g/mol. The van der Waals surface area contributed by atoms with Crippen LogP contribution in [0.4, 0.5) is 0 Å². The van der Waals surface area contributed by atoms with E-state index < -0.39 is 0 Å². The second-order valence-corrected chi connectivity index (χ2v) is 6.27. The van der Waals surface area contributed by atoms with Crippen LogP contribution in [0.15, 0.2) is 65.7 Å². The smallest absolute Gasteiger partial charge is 0.278 e. The van der Waals surface area contributed by atoms with Gasteiger partial charge in [-0.2, -0.15) is 0 Å². The lowest BCUT2D eigenvalue weighted by Crippen LogP contribution is -2.34. The standard InChI is InChI=1S/C20H18N4O2/c1-13(14-7-3-2-4-8-14)22-17(25)11-24-12-21-18-15-9-5-6-10-16(15)23-19(18)20(24)26/h2-10,12-13,23H,11H2,1H3,(H,22,25)/t13-/m0/s1. The van der Waals surface area contributed by atoms with Crippen LogP contribution >= 0.6 is 0 Å². The second kappa shape index (κ2) is 6.48. The number of hydrogen-bond acceptors (Lipinski definition) is 3. The van der Waals surface area contributed by atoms with Crippen molar-refractivity contribution >= 4 is 27.8 Å². The molecule has 0 radical (unpaired) electrons. The van der Waals surface area contributed by atoms with Crippen molar-refractivity contribution in [1.29, 1.82) is 0 Å². The summed E-state index contributed by atoms with van der Waals surface area (Å²) in [6.07, 6.45) is 1.43. The summed E-state index contributed by atoms with van der Waals surface area (Å²) in [4.78, 5) is 32.5. The van der Waals surface area contributed by atoms with Gasteiger partial charge in [-0.1, -0.05) is 48.5 Å². The minimum absolute atomic E-state index is 0.0751. The lowest BCUT2D eigenvalue weighted by molar-refractivity contribution is -0.122. The Morgan fingerprint density at radius 1 is 1.15 bits per heavy atom. The number of amides is 1. The van der Waals surface area contributed by atoms with Gasteiger partial charge in [0.05, 0.1) is 12.4 Å². The fourth-order valence-electron chi connectivity index (χ4n) is 3.12. The third kappa shape index (κ3) is 2.86. The molecule has 4 rings (SSSR count). The Bertz CT molecular complexity index is 1140. The summed E-state index contributed by atoms with van der Waals surface area (Å²) < 4.78 is 1.32. The van der Waals surface area contributed by atoms with Crippen molar-refractivity contribution in [1.82, 2.24) is 19.9 Å². The minimum Gasteiger partial charge on any atom is -0.349 e. The summed E-state index contributed by atoms with van der Waals surface area (Å²) in [5, 5.41) is 3.81. The molecule has 130 valence electrons. The predicted molar refractivity (Wildman–Crippen MR) is 101 cm³/mol. The normalized spacial score (nSPS) is 12.3. The van der Waals surface area contributed by atoms with E-state index in [4.69, 9.17) is 0 Å². The van der Waals surface area contributed by atoms with Crippen LogP contribution in [0.1, 0.15) is 18.5 Å². The molecule has 0 saturated carbocycles. The highest BCUT2D eigenvalue weighted by atomic mass is 16.2. The molecule has 0 fully saturated rings. The molecule has 0 saturated heterocycles. The third-order valence-electron chi connectivity index (χ3n) is 4.47. The molecule has 2 N–H and O–H groups in total. The number of aromatic amines is 1. The van der Waals surface area contributed by atoms with Crippen molar-refractivity contribution in [2.75, 3.05) is 0 Å². The van der Waals surface area contributed by atoms with Crippen LogP contribution in [0.5, 0.6) is 0 Å². The number of H-pyrrole nitrogens is 1. The molecule has 0 aliphatic rings. The fraction of sp³-hybridized carbons (Fsp3) is 0.150. The first-order valence-electron chi connectivity index (χ1n) is 8.43. The molecule has 0 spiro atoms. The third-order valence-corrected chi connectivity index (χ3v) is 4.47. The van der Waals surface area contributed by atoms with Gasteiger partial charge in [-0.3, -0.25) is 14.2 Å². The molecule has 26 heavy (non-hydrogen) atoms. The van der Waals surface area contributed by atoms with E-state index in [-0.39, 0.29) is 24.1 Å². The molecule has 0 aliphatic heterocycles. The van der Waals surface area contributed by atoms with Crippen molar-refractivity contribution < 1.29 is 4.79 Å². The Morgan fingerprint density at radius 2 is 1.88 bits per heavy atom. The summed E-state index contributed by atoms with van der Waals surface area (Å²) in [6, 6.07) is 17.2. The zero-order chi connectivity index (χ0) is 18.1. The zero-order valence-electron chi connectivity index (χ0n) is 14.3. The van der Waals surface area contributed by atoms with E-state index in [1.54, 1.807) is 0 Å². The van der Waals surface area contributed by atoms with Crippen molar-refractivity contribution in [2.24, 2.45) is 0 Å². The monoisotopic (exact) mass is 346 g/mol. The van der Waals surface area contributed by atoms with Crippen molar-refractivity contribution in [2.45, 2.75) is 19.5 Å². The SMILES string of the molecule is C[C@H](NC(=O)Cn1cnc2c([nH]c3ccccc32)c1=O)c1ccccc1. The lowest BCUT2D eigenvalue weighted by Gasteiger charge is -2.14. The first kappa shape index (κ1) is 16.1. The number of para-hydroxylation sites is 1. The van der Waals surface area contributed by atoms with E-state index in [0.29, 0.717) is 11.0 Å². The van der Waals surface area contributed by atoms with Crippen LogP contribution < -0.4 is 10.9 Å². The van der Waals surface area contributed by atoms with Crippen molar-refractivity contribution in [3.63, 3.8) is 0 Å². The number of nitrogens with zero attached hydrogens (tertiary/aromatic N) is 2. The maximum absolute atomic E-state index is 12.7. The molecule has 0 aliphatic carbocycles. The zero-order valence-corrected chi connectivity index (χ0v) is 14.3. The molecular formula is C20H18N4O2. The highest BCUT2D eigenvalue weighted by Gasteiger charge is 2.14. The minimum atomic E-state index is -0.256. The first-order chi connectivity index (χ1) is 12.6. The summed E-state index contributed by atoms with van der Waals surface area (Å²) >= 11 is 0. The van der Waals surface area contributed by atoms with Gasteiger partial charge < -0.3 is 10.3 Å². The van der Waals surface area contributed by atoms with E-state index in [1.165, 1.54) is 10.9 Å². The second-order valence-electron chi connectivity index (χ2n) is 6.27.